The van der Waals surface area contributed by atoms with Crippen LogP contribution in [0.5, 0.6) is 0 Å². The van der Waals surface area contributed by atoms with E-state index in [1.165, 1.54) is 4.88 Å². The standard InChI is InChI=1S/C12H10Br2ClNS/c13-9-1-2-12(15)8(3-9)5-16-6-11-4-10(14)7-17-11/h1-4,7,16H,5-6H2. The summed E-state index contributed by atoms with van der Waals surface area (Å²) < 4.78 is 2.19. The molecule has 5 heteroatoms. The fourth-order valence-electron chi connectivity index (χ4n) is 1.45. The average Bonchev–Trinajstić information content (AvgIpc) is 2.69. The highest BCUT2D eigenvalue weighted by atomic mass is 79.9. The van der Waals surface area contributed by atoms with Gasteiger partial charge < -0.3 is 5.32 Å². The molecule has 0 saturated heterocycles. The van der Waals surface area contributed by atoms with Gasteiger partial charge in [-0.15, -0.1) is 11.3 Å². The highest BCUT2D eigenvalue weighted by Crippen LogP contribution is 2.22. The van der Waals surface area contributed by atoms with Crippen molar-refractivity contribution in [3.05, 3.63) is 54.1 Å². The Hall–Kier alpha value is 0.130. The first-order valence-corrected chi connectivity index (χ1v) is 7.87. The zero-order valence-corrected chi connectivity index (χ0v) is 13.6. The van der Waals surface area contributed by atoms with E-state index in [0.29, 0.717) is 0 Å². The molecule has 0 unspecified atom stereocenters. The number of thiophene rings is 1. The van der Waals surface area contributed by atoms with Crippen molar-refractivity contribution >= 4 is 54.8 Å². The maximum atomic E-state index is 6.12. The maximum absolute atomic E-state index is 6.12. The molecule has 2 rings (SSSR count). The van der Waals surface area contributed by atoms with Gasteiger partial charge in [-0.25, -0.2) is 0 Å². The van der Waals surface area contributed by atoms with Gasteiger partial charge in [0, 0.05) is 37.3 Å². The Bertz CT molecular complexity index is 513. The quantitative estimate of drug-likeness (QED) is 0.749. The van der Waals surface area contributed by atoms with E-state index < -0.39 is 0 Å². The maximum Gasteiger partial charge on any atom is 0.0451 e. The Morgan fingerprint density at radius 2 is 1.94 bits per heavy atom. The molecule has 0 saturated carbocycles. The van der Waals surface area contributed by atoms with Crippen LogP contribution in [0, 0.1) is 0 Å². The van der Waals surface area contributed by atoms with E-state index in [1.807, 2.05) is 18.2 Å². The SMILES string of the molecule is Clc1ccc(Br)cc1CNCc1cc(Br)cs1. The Morgan fingerprint density at radius 3 is 2.65 bits per heavy atom. The Balaban J connectivity index is 1.91. The van der Waals surface area contributed by atoms with Gasteiger partial charge in [0.2, 0.25) is 0 Å². The van der Waals surface area contributed by atoms with Crippen LogP contribution in [0.1, 0.15) is 10.4 Å². The molecule has 1 aromatic heterocycles. The molecule has 1 nitrogen and oxygen atoms in total. The number of hydrogen-bond acceptors (Lipinski definition) is 2. The third kappa shape index (κ3) is 4.07. The second-order valence-corrected chi connectivity index (χ2v) is 6.80. The lowest BCUT2D eigenvalue weighted by Gasteiger charge is -2.06. The lowest BCUT2D eigenvalue weighted by Crippen LogP contribution is -2.12. The van der Waals surface area contributed by atoms with Crippen LogP contribution in [-0.4, -0.2) is 0 Å². The molecule has 0 aliphatic carbocycles. The number of benzene rings is 1. The third-order valence-electron chi connectivity index (χ3n) is 2.24. The Morgan fingerprint density at radius 1 is 1.12 bits per heavy atom. The van der Waals surface area contributed by atoms with Crippen molar-refractivity contribution in [2.75, 3.05) is 0 Å². The van der Waals surface area contributed by atoms with Gasteiger partial charge in [0.05, 0.1) is 0 Å². The van der Waals surface area contributed by atoms with Crippen molar-refractivity contribution < 1.29 is 0 Å². The summed E-state index contributed by atoms with van der Waals surface area (Å²) in [5.74, 6) is 0. The molecule has 0 spiro atoms. The zero-order chi connectivity index (χ0) is 12.3. The largest absolute Gasteiger partial charge is 0.308 e. The minimum atomic E-state index is 0.772. The van der Waals surface area contributed by atoms with Crippen molar-refractivity contribution in [3.8, 4) is 0 Å². The fraction of sp³-hybridized carbons (Fsp3) is 0.167. The van der Waals surface area contributed by atoms with Crippen LogP contribution in [0.3, 0.4) is 0 Å². The van der Waals surface area contributed by atoms with Gasteiger partial charge >= 0.3 is 0 Å². The van der Waals surface area contributed by atoms with Gasteiger partial charge in [-0.1, -0.05) is 27.5 Å². The summed E-state index contributed by atoms with van der Waals surface area (Å²) in [6, 6.07) is 8.02. The molecule has 1 N–H and O–H groups in total. The number of nitrogens with one attached hydrogen (secondary N) is 1. The van der Waals surface area contributed by atoms with Crippen LogP contribution in [0.2, 0.25) is 5.02 Å². The van der Waals surface area contributed by atoms with Crippen LogP contribution in [0.15, 0.2) is 38.6 Å². The first-order valence-electron chi connectivity index (χ1n) is 5.03. The predicted molar refractivity (Wildman–Crippen MR) is 81.7 cm³/mol. The van der Waals surface area contributed by atoms with E-state index in [0.717, 1.165) is 32.6 Å². The van der Waals surface area contributed by atoms with Gasteiger partial charge in [0.1, 0.15) is 0 Å². The van der Waals surface area contributed by atoms with Crippen molar-refractivity contribution in [2.45, 2.75) is 13.1 Å². The summed E-state index contributed by atoms with van der Waals surface area (Å²) in [5, 5.41) is 6.27. The van der Waals surface area contributed by atoms with E-state index in [4.69, 9.17) is 11.6 Å². The van der Waals surface area contributed by atoms with Crippen molar-refractivity contribution in [1.82, 2.24) is 5.32 Å². The van der Waals surface area contributed by atoms with Crippen LogP contribution in [-0.2, 0) is 13.1 Å². The highest BCUT2D eigenvalue weighted by Gasteiger charge is 2.02. The molecule has 0 fully saturated rings. The average molecular weight is 396 g/mol. The summed E-state index contributed by atoms with van der Waals surface area (Å²) >= 11 is 14.7. The molecule has 0 aliphatic rings. The molecule has 0 radical (unpaired) electrons. The summed E-state index contributed by atoms with van der Waals surface area (Å²) in [5.41, 5.74) is 1.11. The highest BCUT2D eigenvalue weighted by molar-refractivity contribution is 9.10. The number of hydrogen-bond donors (Lipinski definition) is 1. The summed E-state index contributed by atoms with van der Waals surface area (Å²) in [7, 11) is 0. The topological polar surface area (TPSA) is 12.0 Å². The molecular formula is C12H10Br2ClNS. The summed E-state index contributed by atoms with van der Waals surface area (Å²) in [4.78, 5) is 1.31. The van der Waals surface area contributed by atoms with Crippen LogP contribution in [0.25, 0.3) is 0 Å². The van der Waals surface area contributed by atoms with Crippen molar-refractivity contribution in [2.24, 2.45) is 0 Å². The molecular weight excluding hydrogens is 385 g/mol. The molecule has 0 aliphatic heterocycles. The second kappa shape index (κ2) is 6.34. The van der Waals surface area contributed by atoms with E-state index in [2.05, 4.69) is 48.6 Å². The predicted octanol–water partition coefficient (Wildman–Crippen LogP) is 5.22. The first-order chi connectivity index (χ1) is 8.15. The summed E-state index contributed by atoms with van der Waals surface area (Å²) in [6.45, 7) is 1.63. The fourth-order valence-corrected chi connectivity index (χ4v) is 3.46. The van der Waals surface area contributed by atoms with Crippen molar-refractivity contribution in [3.63, 3.8) is 0 Å². The normalized spacial score (nSPS) is 10.8. The molecule has 0 amide bonds. The molecule has 90 valence electrons. The number of rotatable bonds is 4. The monoisotopic (exact) mass is 393 g/mol. The Kier molecular flexibility index (Phi) is 5.06. The van der Waals surface area contributed by atoms with Gasteiger partial charge in [-0.2, -0.15) is 0 Å². The Labute approximate surface area is 126 Å². The number of halogens is 3. The minimum Gasteiger partial charge on any atom is -0.308 e. The molecule has 17 heavy (non-hydrogen) atoms. The van der Waals surface area contributed by atoms with Crippen LogP contribution < -0.4 is 5.32 Å². The van der Waals surface area contributed by atoms with Gasteiger partial charge in [0.25, 0.3) is 0 Å². The molecule has 0 bridgehead atoms. The van der Waals surface area contributed by atoms with E-state index in [-0.39, 0.29) is 0 Å². The van der Waals surface area contributed by atoms with Gasteiger partial charge in [0.15, 0.2) is 0 Å². The van der Waals surface area contributed by atoms with Crippen LogP contribution in [0.4, 0.5) is 0 Å². The first kappa shape index (κ1) is 13.6. The lowest BCUT2D eigenvalue weighted by molar-refractivity contribution is 0.701. The van der Waals surface area contributed by atoms with E-state index in [1.54, 1.807) is 11.3 Å². The smallest absolute Gasteiger partial charge is 0.0451 e. The molecule has 0 atom stereocenters. The van der Waals surface area contributed by atoms with Crippen molar-refractivity contribution in [1.29, 1.82) is 0 Å². The van der Waals surface area contributed by atoms with Crippen LogP contribution >= 0.6 is 54.8 Å². The zero-order valence-electron chi connectivity index (χ0n) is 8.84. The lowest BCUT2D eigenvalue weighted by atomic mass is 10.2. The van der Waals surface area contributed by atoms with Gasteiger partial charge in [-0.05, 0) is 45.8 Å². The molecule has 1 aromatic carbocycles. The van der Waals surface area contributed by atoms with E-state index in [9.17, 15) is 0 Å². The van der Waals surface area contributed by atoms with E-state index >= 15 is 0 Å². The minimum absolute atomic E-state index is 0.772. The second-order valence-electron chi connectivity index (χ2n) is 3.57. The third-order valence-corrected chi connectivity index (χ3v) is 4.80. The van der Waals surface area contributed by atoms with Gasteiger partial charge in [-0.3, -0.25) is 0 Å². The molecule has 2 aromatic rings. The molecule has 1 heterocycles. The summed E-state index contributed by atoms with van der Waals surface area (Å²) in [6.07, 6.45) is 0.